The van der Waals surface area contributed by atoms with Gasteiger partial charge in [-0.25, -0.2) is 9.97 Å². The molecule has 0 amide bonds. The van der Waals surface area contributed by atoms with Crippen molar-refractivity contribution in [3.05, 3.63) is 64.4 Å². The van der Waals surface area contributed by atoms with E-state index < -0.39 is 0 Å². The van der Waals surface area contributed by atoms with Crippen molar-refractivity contribution in [2.24, 2.45) is 0 Å². The van der Waals surface area contributed by atoms with Crippen LogP contribution in [0, 0.1) is 0 Å². The third-order valence-electron chi connectivity index (χ3n) is 3.82. The third kappa shape index (κ3) is 2.51. The Labute approximate surface area is 133 Å². The van der Waals surface area contributed by atoms with Gasteiger partial charge in [0.2, 0.25) is 5.95 Å². The van der Waals surface area contributed by atoms with Gasteiger partial charge in [-0.15, -0.1) is 0 Å². The second-order valence-electron chi connectivity index (χ2n) is 5.29. The van der Waals surface area contributed by atoms with Gasteiger partial charge >= 0.3 is 0 Å². The first kappa shape index (κ1) is 13.5. The van der Waals surface area contributed by atoms with E-state index in [1.807, 2.05) is 30.5 Å². The van der Waals surface area contributed by atoms with Crippen LogP contribution in [0.5, 0.6) is 0 Å². The molecule has 2 aromatic carbocycles. The number of nitrogens with one attached hydrogen (secondary N) is 1. The minimum absolute atomic E-state index is 0.566. The van der Waals surface area contributed by atoms with E-state index in [1.54, 1.807) is 0 Å². The summed E-state index contributed by atoms with van der Waals surface area (Å²) in [5, 5.41) is 6.34. The predicted molar refractivity (Wildman–Crippen MR) is 86.8 cm³/mol. The van der Waals surface area contributed by atoms with E-state index >= 15 is 0 Å². The van der Waals surface area contributed by atoms with Gasteiger partial charge in [-0.05, 0) is 28.5 Å². The number of hydrogen-bond acceptors (Lipinski definition) is 4. The molecule has 1 aliphatic rings. The van der Waals surface area contributed by atoms with E-state index in [-0.39, 0.29) is 0 Å². The molecule has 4 rings (SSSR count). The smallest absolute Gasteiger partial charge is 0.223 e. The molecule has 1 aromatic heterocycles. The lowest BCUT2D eigenvalue weighted by molar-refractivity contribution is 0.133. The van der Waals surface area contributed by atoms with Crippen molar-refractivity contribution >= 4 is 28.3 Å². The number of rotatable bonds is 3. The number of nitrogens with zero attached hydrogens (tertiary/aromatic N) is 2. The van der Waals surface area contributed by atoms with Crippen LogP contribution in [0.3, 0.4) is 0 Å². The molecule has 0 unspecified atom stereocenters. The van der Waals surface area contributed by atoms with Crippen LogP contribution >= 0.6 is 11.6 Å². The summed E-state index contributed by atoms with van der Waals surface area (Å²) in [6.07, 6.45) is 1.83. The Hall–Kier alpha value is -2.17. The molecule has 2 heterocycles. The molecular weight excluding hydrogens is 298 g/mol. The minimum Gasteiger partial charge on any atom is -0.370 e. The summed E-state index contributed by atoms with van der Waals surface area (Å²) < 4.78 is 5.36. The highest BCUT2D eigenvalue weighted by Gasteiger charge is 2.13. The van der Waals surface area contributed by atoms with E-state index in [4.69, 9.17) is 16.3 Å². The van der Waals surface area contributed by atoms with Gasteiger partial charge in [-0.1, -0.05) is 35.9 Å². The van der Waals surface area contributed by atoms with E-state index in [0.717, 1.165) is 21.7 Å². The van der Waals surface area contributed by atoms with Crippen LogP contribution in [0.25, 0.3) is 10.8 Å². The molecule has 3 aromatic rings. The number of anilines is 1. The molecule has 1 aliphatic heterocycles. The van der Waals surface area contributed by atoms with Crippen LogP contribution in [-0.2, 0) is 24.5 Å². The summed E-state index contributed by atoms with van der Waals surface area (Å²) in [5.41, 5.74) is 3.21. The lowest BCUT2D eigenvalue weighted by atomic mass is 10.0. The van der Waals surface area contributed by atoms with Crippen LogP contribution in [-0.4, -0.2) is 9.97 Å². The lowest BCUT2D eigenvalue weighted by Gasteiger charge is -2.09. The maximum atomic E-state index is 6.11. The Morgan fingerprint density at radius 2 is 2.14 bits per heavy atom. The maximum Gasteiger partial charge on any atom is 0.223 e. The summed E-state index contributed by atoms with van der Waals surface area (Å²) >= 11 is 6.11. The van der Waals surface area contributed by atoms with Gasteiger partial charge < -0.3 is 10.1 Å². The van der Waals surface area contributed by atoms with Crippen molar-refractivity contribution in [2.75, 3.05) is 5.32 Å². The normalized spacial score (nSPS) is 13.3. The topological polar surface area (TPSA) is 47.0 Å². The molecule has 0 bridgehead atoms. The molecule has 22 heavy (non-hydrogen) atoms. The zero-order chi connectivity index (χ0) is 14.9. The van der Waals surface area contributed by atoms with Crippen LogP contribution in [0.15, 0.2) is 42.6 Å². The Bertz CT molecular complexity index is 850. The molecule has 0 saturated heterocycles. The van der Waals surface area contributed by atoms with E-state index in [1.165, 1.54) is 10.9 Å². The van der Waals surface area contributed by atoms with Crippen molar-refractivity contribution < 1.29 is 4.74 Å². The highest BCUT2D eigenvalue weighted by Crippen LogP contribution is 2.24. The highest BCUT2D eigenvalue weighted by atomic mass is 35.5. The maximum absolute atomic E-state index is 6.11. The number of hydrogen-bond donors (Lipinski definition) is 1. The van der Waals surface area contributed by atoms with Crippen molar-refractivity contribution in [1.29, 1.82) is 0 Å². The van der Waals surface area contributed by atoms with Gasteiger partial charge in [-0.2, -0.15) is 0 Å². The Morgan fingerprint density at radius 1 is 1.18 bits per heavy atom. The number of aromatic nitrogens is 2. The third-order valence-corrected chi connectivity index (χ3v) is 4.06. The summed E-state index contributed by atoms with van der Waals surface area (Å²) in [6, 6.07) is 12.1. The largest absolute Gasteiger partial charge is 0.370 e. The first-order chi connectivity index (χ1) is 10.8. The monoisotopic (exact) mass is 311 g/mol. The van der Waals surface area contributed by atoms with Crippen molar-refractivity contribution in [3.8, 4) is 0 Å². The molecule has 0 radical (unpaired) electrons. The van der Waals surface area contributed by atoms with Gasteiger partial charge in [-0.3, -0.25) is 0 Å². The minimum atomic E-state index is 0.566. The first-order valence-electron chi connectivity index (χ1n) is 7.13. The molecule has 0 saturated carbocycles. The molecule has 0 fully saturated rings. The van der Waals surface area contributed by atoms with Crippen LogP contribution in [0.4, 0.5) is 5.95 Å². The molecular formula is C17H14ClN3O. The van der Waals surface area contributed by atoms with Crippen molar-refractivity contribution in [3.63, 3.8) is 0 Å². The molecule has 110 valence electrons. The fraction of sp³-hybridized carbons (Fsp3) is 0.176. The van der Waals surface area contributed by atoms with Crippen LogP contribution < -0.4 is 5.32 Å². The van der Waals surface area contributed by atoms with E-state index in [2.05, 4.69) is 27.4 Å². The molecule has 1 N–H and O–H groups in total. The molecule has 0 aliphatic carbocycles. The van der Waals surface area contributed by atoms with Crippen molar-refractivity contribution in [2.45, 2.75) is 19.8 Å². The lowest BCUT2D eigenvalue weighted by Crippen LogP contribution is -2.05. The Morgan fingerprint density at radius 3 is 3.09 bits per heavy atom. The van der Waals surface area contributed by atoms with Crippen LogP contribution in [0.1, 0.15) is 16.8 Å². The quantitative estimate of drug-likeness (QED) is 0.796. The standard InChI is InChI=1S/C17H14ClN3O/c18-14-5-4-11-2-1-3-12(15(11)6-14)7-19-17-20-8-13-9-22-10-16(13)21-17/h1-6,8H,7,9-10H2,(H,19,20,21). The predicted octanol–water partition coefficient (Wildman–Crippen LogP) is 3.93. The number of fused-ring (bicyclic) bond motifs is 2. The van der Waals surface area contributed by atoms with Gasteiger partial charge in [0.05, 0.1) is 18.9 Å². The SMILES string of the molecule is Clc1ccc2cccc(CNc3ncc4c(n3)COC4)c2c1. The number of halogens is 1. The first-order valence-corrected chi connectivity index (χ1v) is 7.51. The van der Waals surface area contributed by atoms with Gasteiger partial charge in [0.15, 0.2) is 0 Å². The highest BCUT2D eigenvalue weighted by molar-refractivity contribution is 6.31. The summed E-state index contributed by atoms with van der Waals surface area (Å²) in [7, 11) is 0. The van der Waals surface area contributed by atoms with Gasteiger partial charge in [0.25, 0.3) is 0 Å². The van der Waals surface area contributed by atoms with Gasteiger partial charge in [0, 0.05) is 23.3 Å². The summed E-state index contributed by atoms with van der Waals surface area (Å²) in [4.78, 5) is 8.83. The average Bonchev–Trinajstić information content (AvgIpc) is 3.00. The fourth-order valence-corrected chi connectivity index (χ4v) is 2.84. The Kier molecular flexibility index (Phi) is 3.41. The van der Waals surface area contributed by atoms with E-state index in [9.17, 15) is 0 Å². The summed E-state index contributed by atoms with van der Waals surface area (Å²) in [5.74, 6) is 0.628. The molecule has 0 spiro atoms. The molecule has 5 heteroatoms. The zero-order valence-corrected chi connectivity index (χ0v) is 12.6. The molecule has 4 nitrogen and oxygen atoms in total. The second kappa shape index (κ2) is 5.55. The average molecular weight is 312 g/mol. The fourth-order valence-electron chi connectivity index (χ4n) is 2.67. The van der Waals surface area contributed by atoms with Crippen molar-refractivity contribution in [1.82, 2.24) is 9.97 Å². The van der Waals surface area contributed by atoms with E-state index in [0.29, 0.717) is 25.7 Å². The summed E-state index contributed by atoms with van der Waals surface area (Å²) in [6.45, 7) is 1.82. The second-order valence-corrected chi connectivity index (χ2v) is 5.73. The number of ether oxygens (including phenoxy) is 1. The number of benzene rings is 2. The Balaban J connectivity index is 1.60. The van der Waals surface area contributed by atoms with Gasteiger partial charge in [0.1, 0.15) is 0 Å². The van der Waals surface area contributed by atoms with Crippen LogP contribution in [0.2, 0.25) is 5.02 Å². The molecule has 0 atom stereocenters. The zero-order valence-electron chi connectivity index (χ0n) is 11.8.